The minimum atomic E-state index is -0.415. The largest absolute Gasteiger partial charge is 0.460 e. The van der Waals surface area contributed by atoms with Crippen LogP contribution in [0.1, 0.15) is 412 Å². The lowest BCUT2D eigenvalue weighted by Gasteiger charge is -2.39. The monoisotopic (exact) mass is 1410 g/mol. The summed E-state index contributed by atoms with van der Waals surface area (Å²) < 4.78 is 38.7. The van der Waals surface area contributed by atoms with Crippen LogP contribution in [0.2, 0.25) is 0 Å². The van der Waals surface area contributed by atoms with Crippen molar-refractivity contribution in [1.29, 1.82) is 0 Å². The summed E-state index contributed by atoms with van der Waals surface area (Å²) >= 11 is 0. The van der Waals surface area contributed by atoms with Crippen LogP contribution in [-0.2, 0) is 61.9 Å². The Morgan fingerprint density at radius 1 is 0.388 bits per heavy atom. The van der Waals surface area contributed by atoms with E-state index in [2.05, 4.69) is 6.92 Å². The second-order valence-electron chi connectivity index (χ2n) is 31.3. The molecule has 0 aliphatic heterocycles. The smallest absolute Gasteiger partial charge is 0.313 e. The minimum absolute atomic E-state index is 0. The number of esters is 6. The fourth-order valence-corrected chi connectivity index (χ4v) is 10.9. The number of fused-ring (bicyclic) bond motifs is 9. The average molecular weight is 1410 g/mol. The summed E-state index contributed by atoms with van der Waals surface area (Å²) in [6, 6.07) is 0. The number of ether oxygens (including phenoxy) is 7. The molecule has 0 heterocycles. The predicted octanol–water partition coefficient (Wildman–Crippen LogP) is 26.8. The van der Waals surface area contributed by atoms with E-state index in [-0.39, 0.29) is 182 Å². The third-order valence-corrected chi connectivity index (χ3v) is 19.6. The Bertz CT molecular complexity index is 2030. The number of rotatable bonds is 21. The van der Waals surface area contributed by atoms with E-state index in [0.29, 0.717) is 6.10 Å². The Labute approximate surface area is 616 Å². The first kappa shape index (κ1) is 125. The lowest BCUT2D eigenvalue weighted by atomic mass is 9.70. The van der Waals surface area contributed by atoms with Crippen LogP contribution in [0.3, 0.4) is 0 Å². The maximum absolute atomic E-state index is 12.2. The van der Waals surface area contributed by atoms with Gasteiger partial charge < -0.3 is 33.2 Å². The summed E-state index contributed by atoms with van der Waals surface area (Å²) in [5, 5.41) is 0. The van der Waals surface area contributed by atoms with Crippen molar-refractivity contribution in [2.45, 2.75) is 452 Å². The molecule has 11 unspecified atom stereocenters. The SMILES string of the molecule is C.C.C.C.C.C.C.C.C.C.C.C.CCC(C)(C)C(=O)OC(C)(C)C.CCC(C)(C)C(=O)OC(C)OC1CC2CC1C1C3CCC(C3)C21.CCC(C)(C)OC(=O)C(C)(C)CC.CCC(C)C(=O)OC(C)(C)C.CCC(C)C(=O)OC(C)(C)CC.CCC(C)C(=O)OC1(CC)CCCCC1. The maximum Gasteiger partial charge on any atom is 0.313 e. The van der Waals surface area contributed by atoms with E-state index in [4.69, 9.17) is 33.2 Å². The lowest BCUT2D eigenvalue weighted by molar-refractivity contribution is -0.202. The number of carbonyl (C=O) groups excluding carboxylic acids is 6. The van der Waals surface area contributed by atoms with Crippen LogP contribution in [0.25, 0.3) is 0 Å². The highest BCUT2D eigenvalue weighted by Crippen LogP contribution is 2.68. The molecule has 13 heteroatoms. The fraction of sp³-hybridized carbons (Fsp3) is 0.929. The Morgan fingerprint density at radius 2 is 0.735 bits per heavy atom. The third kappa shape index (κ3) is 43.0. The summed E-state index contributed by atoms with van der Waals surface area (Å²) in [7, 11) is 0. The van der Waals surface area contributed by atoms with Gasteiger partial charge in [-0.05, 0) is 269 Å². The highest BCUT2D eigenvalue weighted by Gasteiger charge is 2.63. The molecule has 13 nitrogen and oxygen atoms in total. The van der Waals surface area contributed by atoms with E-state index < -0.39 is 11.7 Å². The number of hydrogen-bond acceptors (Lipinski definition) is 13. The molecule has 5 fully saturated rings. The molecule has 4 bridgehead atoms. The first-order chi connectivity index (χ1) is 39.3. The van der Waals surface area contributed by atoms with Gasteiger partial charge in [0.05, 0.1) is 40.1 Å². The van der Waals surface area contributed by atoms with Crippen molar-refractivity contribution in [2.75, 3.05) is 0 Å². The third-order valence-electron chi connectivity index (χ3n) is 19.6. The number of carbonyl (C=O) groups is 6. The lowest BCUT2D eigenvalue weighted by Crippen LogP contribution is -2.39. The van der Waals surface area contributed by atoms with E-state index in [1.807, 2.05) is 194 Å². The van der Waals surface area contributed by atoms with Crippen LogP contribution >= 0.6 is 0 Å². The molecule has 602 valence electrons. The van der Waals surface area contributed by atoms with Crippen LogP contribution in [-0.4, -0.2) is 76.2 Å². The maximum atomic E-state index is 12.2. The van der Waals surface area contributed by atoms with Gasteiger partial charge >= 0.3 is 35.8 Å². The topological polar surface area (TPSA) is 167 Å². The van der Waals surface area contributed by atoms with Crippen molar-refractivity contribution >= 4 is 35.8 Å². The zero-order valence-corrected chi connectivity index (χ0v) is 61.1. The molecule has 5 aliphatic carbocycles. The molecular formula is C85H184O13. The van der Waals surface area contributed by atoms with Gasteiger partial charge in [-0.2, -0.15) is 0 Å². The Hall–Kier alpha value is -3.22. The summed E-state index contributed by atoms with van der Waals surface area (Å²) in [5.74, 6) is 5.15. The normalized spacial score (nSPS) is 20.6. The molecule has 0 aromatic carbocycles. The van der Waals surface area contributed by atoms with Crippen molar-refractivity contribution in [1.82, 2.24) is 0 Å². The van der Waals surface area contributed by atoms with Crippen LogP contribution in [0.4, 0.5) is 0 Å². The minimum Gasteiger partial charge on any atom is -0.460 e. The quantitative estimate of drug-likeness (QED) is 0.0461. The molecule has 5 aliphatic rings. The number of hydrogen-bond donors (Lipinski definition) is 0. The standard InChI is InChI=1S/C20H32O3.C13H24O2.C11H22O2.2C10H20O2.C9H18O2.12CH4/c1-5-20(3,4)19(21)23-11(2)22-16-10-14-9-15(16)18-13-7-6-12(8-13)17(14)18;1-4-11(3)12(14)15-13(5-2)9-7-6-8-10-13;1-7-10(3,4)9(12)13-11(5,6)8-2;1-7-10(5,6)8(11)12-9(2,3)4;1-6-8(3)9(11)12-10(4,5)7-2;1-6-7(2)8(10)11-9(3,4)5;;;;;;;;;;;;/h11-18H,5-10H2,1-4H3;11H,4-10H2,1-3H3;7-8H2,1-6H3;7H2,1-6H3;8H,6-7H2,1-5H3;7H,6H2,1-5H3;12*1H4. The van der Waals surface area contributed by atoms with Crippen molar-refractivity contribution in [3.8, 4) is 0 Å². The molecule has 11 atom stereocenters. The van der Waals surface area contributed by atoms with Crippen molar-refractivity contribution < 1.29 is 61.9 Å². The average Bonchev–Trinajstić information content (AvgIpc) is 1.56. The first-order valence-electron chi connectivity index (χ1n) is 34.3. The van der Waals surface area contributed by atoms with Gasteiger partial charge in [-0.3, -0.25) is 28.8 Å². The second kappa shape index (κ2) is 54.4. The Balaban J connectivity index is -0.0000000803. The van der Waals surface area contributed by atoms with Crippen LogP contribution in [0, 0.1) is 69.5 Å². The molecule has 98 heavy (non-hydrogen) atoms. The van der Waals surface area contributed by atoms with E-state index in [1.165, 1.54) is 51.4 Å². The van der Waals surface area contributed by atoms with Gasteiger partial charge in [-0.25, -0.2) is 0 Å². The molecule has 0 spiro atoms. The molecule has 0 N–H and O–H groups in total. The van der Waals surface area contributed by atoms with Crippen LogP contribution in [0.15, 0.2) is 0 Å². The van der Waals surface area contributed by atoms with Crippen molar-refractivity contribution in [3.05, 3.63) is 0 Å². The molecule has 0 amide bonds. The van der Waals surface area contributed by atoms with E-state index in [1.54, 1.807) is 0 Å². The summed E-state index contributed by atoms with van der Waals surface area (Å²) in [6.07, 6.45) is 20.4. The molecule has 5 saturated carbocycles. The molecule has 0 aromatic heterocycles. The van der Waals surface area contributed by atoms with Gasteiger partial charge in [-0.15, -0.1) is 0 Å². The van der Waals surface area contributed by atoms with Gasteiger partial charge in [-0.1, -0.05) is 179 Å². The van der Waals surface area contributed by atoms with E-state index in [9.17, 15) is 28.8 Å². The van der Waals surface area contributed by atoms with Gasteiger partial charge in [0.25, 0.3) is 0 Å². The zero-order valence-electron chi connectivity index (χ0n) is 61.1. The fourth-order valence-electron chi connectivity index (χ4n) is 10.9. The molecule has 0 aromatic rings. The van der Waals surface area contributed by atoms with Crippen molar-refractivity contribution in [3.63, 3.8) is 0 Å². The predicted molar refractivity (Wildman–Crippen MR) is 431 cm³/mol. The van der Waals surface area contributed by atoms with Gasteiger partial charge in [0.2, 0.25) is 0 Å². The van der Waals surface area contributed by atoms with Crippen LogP contribution in [0.5, 0.6) is 0 Å². The molecular weight excluding hydrogens is 1230 g/mol. The van der Waals surface area contributed by atoms with Crippen molar-refractivity contribution in [2.24, 2.45) is 69.5 Å². The Kier molecular flexibility index (Phi) is 69.2. The summed E-state index contributed by atoms with van der Waals surface area (Å²) in [4.78, 5) is 69.6. The zero-order chi connectivity index (χ0) is 67.2. The summed E-state index contributed by atoms with van der Waals surface area (Å²) in [5.41, 5.74) is -2.60. The van der Waals surface area contributed by atoms with E-state index >= 15 is 0 Å². The molecule has 5 rings (SSSR count). The highest BCUT2D eigenvalue weighted by molar-refractivity contribution is 5.77. The molecule has 0 saturated heterocycles. The van der Waals surface area contributed by atoms with Gasteiger partial charge in [0.1, 0.15) is 28.0 Å². The van der Waals surface area contributed by atoms with Gasteiger partial charge in [0.15, 0.2) is 6.29 Å². The second-order valence-corrected chi connectivity index (χ2v) is 31.3. The Morgan fingerprint density at radius 3 is 1.09 bits per heavy atom. The van der Waals surface area contributed by atoms with E-state index in [0.717, 1.165) is 106 Å². The highest BCUT2D eigenvalue weighted by atomic mass is 16.7. The first-order valence-corrected chi connectivity index (χ1v) is 34.3. The van der Waals surface area contributed by atoms with Crippen LogP contribution < -0.4 is 0 Å². The molecule has 0 radical (unpaired) electrons. The summed E-state index contributed by atoms with van der Waals surface area (Å²) in [6.45, 7) is 56.4. The van der Waals surface area contributed by atoms with Gasteiger partial charge in [0, 0.05) is 0 Å².